The molecule has 0 aromatic rings. The van der Waals surface area contributed by atoms with Crippen LogP contribution in [0.15, 0.2) is 0 Å². The lowest BCUT2D eigenvalue weighted by Crippen LogP contribution is -2.38. The lowest BCUT2D eigenvalue weighted by Gasteiger charge is -2.17. The largest absolute Gasteiger partial charge is 0.391 e. The molecule has 96 valence electrons. The molecule has 0 heterocycles. The molecule has 1 fully saturated rings. The van der Waals surface area contributed by atoms with Crippen LogP contribution in [0.3, 0.4) is 0 Å². The Balaban J connectivity index is 2.39. The summed E-state index contributed by atoms with van der Waals surface area (Å²) in [5.41, 5.74) is 0. The lowest BCUT2D eigenvalue weighted by molar-refractivity contribution is 0.190. The zero-order valence-electron chi connectivity index (χ0n) is 10.1. The van der Waals surface area contributed by atoms with E-state index >= 15 is 0 Å². The maximum Gasteiger partial charge on any atom is 0.155 e. The highest BCUT2D eigenvalue weighted by atomic mass is 32.2. The number of nitrogens with one attached hydrogen (secondary N) is 1. The van der Waals surface area contributed by atoms with Crippen molar-refractivity contribution in [2.45, 2.75) is 56.9 Å². The zero-order valence-corrected chi connectivity index (χ0v) is 11.0. The van der Waals surface area contributed by atoms with E-state index in [1.807, 2.05) is 13.8 Å². The number of aliphatic hydroxyl groups excluding tert-OH is 1. The smallest absolute Gasteiger partial charge is 0.155 e. The minimum atomic E-state index is -3.10. The van der Waals surface area contributed by atoms with Crippen molar-refractivity contribution in [3.05, 3.63) is 0 Å². The lowest BCUT2D eigenvalue weighted by atomic mass is 10.3. The fourth-order valence-electron chi connectivity index (χ4n) is 2.08. The third-order valence-electron chi connectivity index (χ3n) is 3.00. The highest BCUT2D eigenvalue weighted by Gasteiger charge is 2.30. The Labute approximate surface area is 98.4 Å². The SMILES string of the molecule is CC(C)NCC(O)CS(=O)(=O)C1CCCC1. The molecule has 0 radical (unpaired) electrons. The Morgan fingerprint density at radius 3 is 2.38 bits per heavy atom. The first kappa shape index (κ1) is 13.9. The molecule has 1 rings (SSSR count). The second-order valence-electron chi connectivity index (χ2n) is 4.95. The first-order chi connectivity index (χ1) is 7.42. The first-order valence-corrected chi connectivity index (χ1v) is 7.76. The van der Waals surface area contributed by atoms with Crippen LogP contribution in [-0.2, 0) is 9.84 Å². The number of aliphatic hydroxyl groups is 1. The molecule has 0 amide bonds. The summed E-state index contributed by atoms with van der Waals surface area (Å²) < 4.78 is 23.8. The monoisotopic (exact) mass is 249 g/mol. The van der Waals surface area contributed by atoms with Crippen LogP contribution in [0, 0.1) is 0 Å². The van der Waals surface area contributed by atoms with Gasteiger partial charge >= 0.3 is 0 Å². The van der Waals surface area contributed by atoms with E-state index in [4.69, 9.17) is 0 Å². The van der Waals surface area contributed by atoms with Crippen molar-refractivity contribution >= 4 is 9.84 Å². The van der Waals surface area contributed by atoms with Crippen LogP contribution >= 0.6 is 0 Å². The number of sulfone groups is 1. The van der Waals surface area contributed by atoms with Gasteiger partial charge in [0.2, 0.25) is 0 Å². The highest BCUT2D eigenvalue weighted by Crippen LogP contribution is 2.25. The molecule has 1 aliphatic carbocycles. The van der Waals surface area contributed by atoms with Crippen molar-refractivity contribution in [1.29, 1.82) is 0 Å². The molecular formula is C11H23NO3S. The van der Waals surface area contributed by atoms with E-state index in [0.717, 1.165) is 25.7 Å². The van der Waals surface area contributed by atoms with Gasteiger partial charge in [-0.3, -0.25) is 0 Å². The third-order valence-corrected chi connectivity index (χ3v) is 5.33. The van der Waals surface area contributed by atoms with Gasteiger partial charge in [0.15, 0.2) is 9.84 Å². The summed E-state index contributed by atoms with van der Waals surface area (Å²) >= 11 is 0. The van der Waals surface area contributed by atoms with Gasteiger partial charge in [-0.1, -0.05) is 26.7 Å². The van der Waals surface area contributed by atoms with Crippen LogP contribution in [0.1, 0.15) is 39.5 Å². The predicted molar refractivity (Wildman–Crippen MR) is 65.2 cm³/mol. The molecule has 1 unspecified atom stereocenters. The summed E-state index contributed by atoms with van der Waals surface area (Å²) in [5.74, 6) is -0.0998. The molecule has 0 aromatic heterocycles. The van der Waals surface area contributed by atoms with Gasteiger partial charge in [-0.15, -0.1) is 0 Å². The average molecular weight is 249 g/mol. The van der Waals surface area contributed by atoms with Crippen molar-refractivity contribution in [1.82, 2.24) is 5.32 Å². The minimum absolute atomic E-state index is 0.0998. The van der Waals surface area contributed by atoms with Crippen molar-refractivity contribution < 1.29 is 13.5 Å². The highest BCUT2D eigenvalue weighted by molar-refractivity contribution is 7.92. The van der Waals surface area contributed by atoms with Crippen LogP contribution in [-0.4, -0.2) is 43.2 Å². The van der Waals surface area contributed by atoms with Gasteiger partial charge in [-0.2, -0.15) is 0 Å². The molecule has 0 aliphatic heterocycles. The quantitative estimate of drug-likeness (QED) is 0.727. The van der Waals surface area contributed by atoms with Gasteiger partial charge in [0, 0.05) is 12.6 Å². The molecule has 5 heteroatoms. The summed E-state index contributed by atoms with van der Waals surface area (Å²) in [5, 5.41) is 12.5. The molecule has 1 atom stereocenters. The van der Waals surface area contributed by atoms with Gasteiger partial charge in [0.25, 0.3) is 0 Å². The Morgan fingerprint density at radius 2 is 1.88 bits per heavy atom. The third kappa shape index (κ3) is 4.39. The van der Waals surface area contributed by atoms with Crippen LogP contribution in [0.5, 0.6) is 0 Å². The number of hydrogen-bond donors (Lipinski definition) is 2. The summed E-state index contributed by atoms with van der Waals surface area (Å²) in [6.45, 7) is 4.29. The van der Waals surface area contributed by atoms with E-state index in [9.17, 15) is 13.5 Å². The second-order valence-corrected chi connectivity index (χ2v) is 7.28. The summed E-state index contributed by atoms with van der Waals surface area (Å²) in [4.78, 5) is 0. The molecular weight excluding hydrogens is 226 g/mol. The molecule has 0 aromatic carbocycles. The molecule has 0 bridgehead atoms. The summed E-state index contributed by atoms with van der Waals surface area (Å²) in [6.07, 6.45) is 2.77. The molecule has 0 spiro atoms. The van der Waals surface area contributed by atoms with E-state index in [-0.39, 0.29) is 17.0 Å². The van der Waals surface area contributed by atoms with E-state index in [0.29, 0.717) is 6.54 Å². The minimum Gasteiger partial charge on any atom is -0.391 e. The van der Waals surface area contributed by atoms with E-state index in [1.54, 1.807) is 0 Å². The van der Waals surface area contributed by atoms with Crippen LogP contribution in [0.2, 0.25) is 0 Å². The van der Waals surface area contributed by atoms with Crippen molar-refractivity contribution in [3.8, 4) is 0 Å². The Hall–Kier alpha value is -0.130. The zero-order chi connectivity index (χ0) is 12.2. The van der Waals surface area contributed by atoms with Gasteiger partial charge < -0.3 is 10.4 Å². The van der Waals surface area contributed by atoms with Gasteiger partial charge in [-0.25, -0.2) is 8.42 Å². The molecule has 2 N–H and O–H groups in total. The van der Waals surface area contributed by atoms with Crippen molar-refractivity contribution in [3.63, 3.8) is 0 Å². The molecule has 4 nitrogen and oxygen atoms in total. The van der Waals surface area contributed by atoms with Gasteiger partial charge in [0.05, 0.1) is 17.1 Å². The number of rotatable bonds is 6. The van der Waals surface area contributed by atoms with Gasteiger partial charge in [-0.05, 0) is 12.8 Å². The van der Waals surface area contributed by atoms with Crippen LogP contribution in [0.25, 0.3) is 0 Å². The van der Waals surface area contributed by atoms with E-state index in [2.05, 4.69) is 5.32 Å². The molecule has 16 heavy (non-hydrogen) atoms. The Morgan fingerprint density at radius 1 is 1.31 bits per heavy atom. The molecule has 0 saturated heterocycles. The molecule has 1 saturated carbocycles. The topological polar surface area (TPSA) is 66.4 Å². The normalized spacial score (nSPS) is 20.5. The standard InChI is InChI=1S/C11H23NO3S/c1-9(2)12-7-10(13)8-16(14,15)11-5-3-4-6-11/h9-13H,3-8H2,1-2H3. The summed E-state index contributed by atoms with van der Waals surface area (Å²) in [6, 6.07) is 0.267. The maximum absolute atomic E-state index is 11.9. The van der Waals surface area contributed by atoms with E-state index in [1.165, 1.54) is 0 Å². The Kier molecular flexibility index (Phi) is 5.21. The number of hydrogen-bond acceptors (Lipinski definition) is 4. The van der Waals surface area contributed by atoms with Crippen LogP contribution in [0.4, 0.5) is 0 Å². The fourth-order valence-corrected chi connectivity index (χ4v) is 4.06. The van der Waals surface area contributed by atoms with Crippen molar-refractivity contribution in [2.24, 2.45) is 0 Å². The average Bonchev–Trinajstić information content (AvgIpc) is 2.67. The maximum atomic E-state index is 11.9. The van der Waals surface area contributed by atoms with E-state index < -0.39 is 15.9 Å². The summed E-state index contributed by atoms with van der Waals surface area (Å²) in [7, 11) is -3.10. The van der Waals surface area contributed by atoms with Gasteiger partial charge in [0.1, 0.15) is 0 Å². The first-order valence-electron chi connectivity index (χ1n) is 6.05. The fraction of sp³-hybridized carbons (Fsp3) is 1.00. The Bertz CT molecular complexity index is 294. The van der Waals surface area contributed by atoms with Crippen molar-refractivity contribution in [2.75, 3.05) is 12.3 Å². The van der Waals surface area contributed by atoms with Crippen LogP contribution < -0.4 is 5.32 Å². The second kappa shape index (κ2) is 5.98. The predicted octanol–water partition coefficient (Wildman–Crippen LogP) is 0.703. The molecule has 1 aliphatic rings.